The van der Waals surface area contributed by atoms with E-state index in [2.05, 4.69) is 10.6 Å². The molecule has 0 heterocycles. The summed E-state index contributed by atoms with van der Waals surface area (Å²) in [4.78, 5) is 25.0. The third-order valence-electron chi connectivity index (χ3n) is 4.51. The predicted molar refractivity (Wildman–Crippen MR) is 105 cm³/mol. The molecular formula is C21H27N3O2. The van der Waals surface area contributed by atoms with Gasteiger partial charge >= 0.3 is 0 Å². The summed E-state index contributed by atoms with van der Waals surface area (Å²) in [5, 5.41) is 5.81. The normalized spacial score (nSPS) is 12.8. The third kappa shape index (κ3) is 5.62. The first-order chi connectivity index (χ1) is 12.5. The molecule has 2 amide bonds. The van der Waals surface area contributed by atoms with Crippen molar-refractivity contribution in [3.8, 4) is 0 Å². The molecule has 2 rings (SSSR count). The fourth-order valence-corrected chi connectivity index (χ4v) is 2.64. The molecule has 2 aromatic carbocycles. The molecule has 0 spiro atoms. The quantitative estimate of drug-likeness (QED) is 0.638. The van der Waals surface area contributed by atoms with Crippen molar-refractivity contribution in [1.29, 1.82) is 0 Å². The molecule has 26 heavy (non-hydrogen) atoms. The maximum Gasteiger partial charge on any atom is 0.251 e. The summed E-state index contributed by atoms with van der Waals surface area (Å²) < 4.78 is 0. The van der Waals surface area contributed by atoms with Gasteiger partial charge in [0, 0.05) is 17.8 Å². The van der Waals surface area contributed by atoms with Crippen molar-refractivity contribution in [2.45, 2.75) is 32.7 Å². The van der Waals surface area contributed by atoms with Gasteiger partial charge in [-0.15, -0.1) is 0 Å². The Balaban J connectivity index is 1.93. The first-order valence-electron chi connectivity index (χ1n) is 8.99. The lowest BCUT2D eigenvalue weighted by Crippen LogP contribution is -2.50. The van der Waals surface area contributed by atoms with Crippen LogP contribution in [0.1, 0.15) is 36.2 Å². The van der Waals surface area contributed by atoms with Gasteiger partial charge in [-0.2, -0.15) is 0 Å². The smallest absolute Gasteiger partial charge is 0.251 e. The van der Waals surface area contributed by atoms with Gasteiger partial charge in [0.2, 0.25) is 5.91 Å². The maximum absolute atomic E-state index is 12.6. The Kier molecular flexibility index (Phi) is 7.21. The fraction of sp³-hybridized carbons (Fsp3) is 0.333. The lowest BCUT2D eigenvalue weighted by atomic mass is 9.97. The van der Waals surface area contributed by atoms with Crippen LogP contribution in [0.5, 0.6) is 0 Å². The number of rotatable bonds is 8. The van der Waals surface area contributed by atoms with Gasteiger partial charge in [0.05, 0.1) is 0 Å². The van der Waals surface area contributed by atoms with Crippen molar-refractivity contribution in [2.24, 2.45) is 5.92 Å². The van der Waals surface area contributed by atoms with E-state index in [1.165, 1.54) is 0 Å². The van der Waals surface area contributed by atoms with E-state index in [9.17, 15) is 9.59 Å². The Hall–Kier alpha value is -2.82. The number of anilines is 1. The van der Waals surface area contributed by atoms with Crippen molar-refractivity contribution in [2.75, 3.05) is 12.3 Å². The summed E-state index contributed by atoms with van der Waals surface area (Å²) in [6.45, 7) is 4.49. The molecule has 0 saturated heterocycles. The minimum Gasteiger partial charge on any atom is -0.399 e. The lowest BCUT2D eigenvalue weighted by molar-refractivity contribution is -0.124. The van der Waals surface area contributed by atoms with Gasteiger partial charge in [-0.25, -0.2) is 0 Å². The van der Waals surface area contributed by atoms with Crippen LogP contribution in [0.2, 0.25) is 0 Å². The summed E-state index contributed by atoms with van der Waals surface area (Å²) in [5.41, 5.74) is 8.05. The minimum atomic E-state index is -0.556. The highest BCUT2D eigenvalue weighted by Crippen LogP contribution is 2.10. The number of nitrogens with one attached hydrogen (secondary N) is 2. The van der Waals surface area contributed by atoms with Crippen LogP contribution in [-0.2, 0) is 11.2 Å². The van der Waals surface area contributed by atoms with Gasteiger partial charge in [0.1, 0.15) is 6.04 Å². The van der Waals surface area contributed by atoms with Crippen LogP contribution in [0.3, 0.4) is 0 Å². The number of benzene rings is 2. The minimum absolute atomic E-state index is 0.0409. The third-order valence-corrected chi connectivity index (χ3v) is 4.51. The first-order valence-corrected chi connectivity index (χ1v) is 8.99. The summed E-state index contributed by atoms with van der Waals surface area (Å²) >= 11 is 0. The number of hydrogen-bond donors (Lipinski definition) is 3. The van der Waals surface area contributed by atoms with E-state index in [4.69, 9.17) is 5.73 Å². The SMILES string of the molecule is CCC(C)C(NC(=O)c1ccccc1)C(=O)NCCc1ccc(N)cc1. The zero-order valence-corrected chi connectivity index (χ0v) is 15.4. The molecule has 4 N–H and O–H groups in total. The summed E-state index contributed by atoms with van der Waals surface area (Å²) in [7, 11) is 0. The Bertz CT molecular complexity index is 714. The standard InChI is InChI=1S/C21H27N3O2/c1-3-15(2)19(24-20(25)17-7-5-4-6-8-17)21(26)23-14-13-16-9-11-18(22)12-10-16/h4-12,15,19H,3,13-14,22H2,1-2H3,(H,23,26)(H,24,25). The number of carbonyl (C=O) groups is 2. The van der Waals surface area contributed by atoms with Gasteiger partial charge in [-0.3, -0.25) is 9.59 Å². The molecular weight excluding hydrogens is 326 g/mol. The van der Waals surface area contributed by atoms with E-state index in [-0.39, 0.29) is 17.7 Å². The molecule has 2 unspecified atom stereocenters. The van der Waals surface area contributed by atoms with E-state index < -0.39 is 6.04 Å². The molecule has 138 valence electrons. The number of carbonyl (C=O) groups excluding carboxylic acids is 2. The van der Waals surface area contributed by atoms with Crippen LogP contribution in [0.15, 0.2) is 54.6 Å². The zero-order chi connectivity index (χ0) is 18.9. The summed E-state index contributed by atoms with van der Waals surface area (Å²) in [5.74, 6) is -0.345. The molecule has 0 aliphatic carbocycles. The van der Waals surface area contributed by atoms with Crippen LogP contribution < -0.4 is 16.4 Å². The topological polar surface area (TPSA) is 84.2 Å². The van der Waals surface area contributed by atoms with Gasteiger partial charge in [0.25, 0.3) is 5.91 Å². The van der Waals surface area contributed by atoms with Crippen molar-refractivity contribution >= 4 is 17.5 Å². The largest absolute Gasteiger partial charge is 0.399 e. The Morgan fingerprint density at radius 1 is 1.04 bits per heavy atom. The Labute approximate surface area is 155 Å². The second kappa shape index (κ2) is 9.61. The van der Waals surface area contributed by atoms with Crippen molar-refractivity contribution < 1.29 is 9.59 Å². The predicted octanol–water partition coefficient (Wildman–Crippen LogP) is 2.77. The molecule has 5 nitrogen and oxygen atoms in total. The number of hydrogen-bond acceptors (Lipinski definition) is 3. The highest BCUT2D eigenvalue weighted by atomic mass is 16.2. The summed E-state index contributed by atoms with van der Waals surface area (Å²) in [6.07, 6.45) is 1.51. The average Bonchev–Trinajstić information content (AvgIpc) is 2.67. The molecule has 0 bridgehead atoms. The van der Waals surface area contributed by atoms with Crippen LogP contribution >= 0.6 is 0 Å². The molecule has 0 aromatic heterocycles. The Morgan fingerprint density at radius 2 is 1.69 bits per heavy atom. The van der Waals surface area contributed by atoms with Gasteiger partial charge < -0.3 is 16.4 Å². The van der Waals surface area contributed by atoms with Crippen LogP contribution in [0, 0.1) is 5.92 Å². The number of amides is 2. The molecule has 2 atom stereocenters. The van der Waals surface area contributed by atoms with E-state index in [1.54, 1.807) is 24.3 Å². The highest BCUT2D eigenvalue weighted by Gasteiger charge is 2.25. The van der Waals surface area contributed by atoms with Crippen molar-refractivity contribution in [1.82, 2.24) is 10.6 Å². The van der Waals surface area contributed by atoms with Crippen LogP contribution in [0.4, 0.5) is 5.69 Å². The number of nitrogen functional groups attached to an aromatic ring is 1. The van der Waals surface area contributed by atoms with Gasteiger partial charge in [0.15, 0.2) is 0 Å². The number of nitrogens with two attached hydrogens (primary N) is 1. The van der Waals surface area contributed by atoms with Crippen molar-refractivity contribution in [3.05, 3.63) is 65.7 Å². The van der Waals surface area contributed by atoms with E-state index in [0.29, 0.717) is 18.5 Å². The van der Waals surface area contributed by atoms with E-state index in [1.807, 2.05) is 44.2 Å². The fourth-order valence-electron chi connectivity index (χ4n) is 2.64. The average molecular weight is 353 g/mol. The second-order valence-corrected chi connectivity index (χ2v) is 6.49. The highest BCUT2D eigenvalue weighted by molar-refractivity contribution is 5.97. The van der Waals surface area contributed by atoms with Gasteiger partial charge in [-0.1, -0.05) is 50.6 Å². The second-order valence-electron chi connectivity index (χ2n) is 6.49. The summed E-state index contributed by atoms with van der Waals surface area (Å²) in [6, 6.07) is 16.0. The molecule has 0 aliphatic heterocycles. The lowest BCUT2D eigenvalue weighted by Gasteiger charge is -2.23. The van der Waals surface area contributed by atoms with Crippen LogP contribution in [0.25, 0.3) is 0 Å². The first kappa shape index (κ1) is 19.5. The molecule has 0 radical (unpaired) electrons. The molecule has 0 saturated carbocycles. The molecule has 2 aromatic rings. The monoisotopic (exact) mass is 353 g/mol. The van der Waals surface area contributed by atoms with Crippen molar-refractivity contribution in [3.63, 3.8) is 0 Å². The molecule has 0 fully saturated rings. The maximum atomic E-state index is 12.6. The zero-order valence-electron chi connectivity index (χ0n) is 15.4. The Morgan fingerprint density at radius 3 is 2.31 bits per heavy atom. The van der Waals surface area contributed by atoms with E-state index in [0.717, 1.165) is 17.7 Å². The van der Waals surface area contributed by atoms with E-state index >= 15 is 0 Å². The molecule has 0 aliphatic rings. The van der Waals surface area contributed by atoms with Gasteiger partial charge in [-0.05, 0) is 42.2 Å². The molecule has 5 heteroatoms. The van der Waals surface area contributed by atoms with Crippen LogP contribution in [-0.4, -0.2) is 24.4 Å².